The Morgan fingerprint density at radius 1 is 1.17 bits per heavy atom. The van der Waals surface area contributed by atoms with Gasteiger partial charge in [0.1, 0.15) is 5.75 Å². The summed E-state index contributed by atoms with van der Waals surface area (Å²) in [6.07, 6.45) is 0. The van der Waals surface area contributed by atoms with Crippen molar-refractivity contribution < 1.29 is 13.2 Å². The highest BCUT2D eigenvalue weighted by molar-refractivity contribution is 7.88. The van der Waals surface area contributed by atoms with Gasteiger partial charge in [-0.25, -0.2) is 13.1 Å². The zero-order chi connectivity index (χ0) is 17.0. The van der Waals surface area contributed by atoms with Gasteiger partial charge >= 0.3 is 0 Å². The molecule has 7 heteroatoms. The Morgan fingerprint density at radius 2 is 1.87 bits per heavy atom. The lowest BCUT2D eigenvalue weighted by Crippen LogP contribution is -2.28. The molecule has 0 aliphatic heterocycles. The van der Waals surface area contributed by atoms with Crippen LogP contribution in [0.15, 0.2) is 42.5 Å². The molecule has 1 N–H and O–H groups in total. The molecule has 2 rings (SSSR count). The quantitative estimate of drug-likeness (QED) is 0.825. The number of halogens is 2. The molecule has 0 saturated carbocycles. The van der Waals surface area contributed by atoms with Crippen molar-refractivity contribution in [2.24, 2.45) is 0 Å². The molecule has 0 heterocycles. The van der Waals surface area contributed by atoms with Crippen LogP contribution in [-0.2, 0) is 15.8 Å². The van der Waals surface area contributed by atoms with Crippen LogP contribution in [0.2, 0.25) is 10.0 Å². The lowest BCUT2D eigenvalue weighted by atomic mass is 10.1. The first kappa shape index (κ1) is 18.1. The van der Waals surface area contributed by atoms with E-state index < -0.39 is 16.1 Å². The van der Waals surface area contributed by atoms with Crippen molar-refractivity contribution in [3.63, 3.8) is 0 Å². The second kappa shape index (κ2) is 7.53. The van der Waals surface area contributed by atoms with E-state index in [2.05, 4.69) is 4.72 Å². The van der Waals surface area contributed by atoms with Gasteiger partial charge in [-0.3, -0.25) is 0 Å². The summed E-state index contributed by atoms with van der Waals surface area (Å²) in [7, 11) is -2.03. The van der Waals surface area contributed by atoms with E-state index in [1.54, 1.807) is 32.2 Å². The Morgan fingerprint density at radius 3 is 2.52 bits per heavy atom. The van der Waals surface area contributed by atoms with Crippen molar-refractivity contribution in [3.05, 3.63) is 63.6 Å². The summed E-state index contributed by atoms with van der Waals surface area (Å²) in [6, 6.07) is 11.6. The normalized spacial score (nSPS) is 12.9. The van der Waals surface area contributed by atoms with Gasteiger partial charge in [-0.1, -0.05) is 47.5 Å². The van der Waals surface area contributed by atoms with Crippen molar-refractivity contribution in [2.75, 3.05) is 7.11 Å². The van der Waals surface area contributed by atoms with E-state index in [1.165, 1.54) is 6.07 Å². The van der Waals surface area contributed by atoms with Crippen molar-refractivity contribution >= 4 is 33.2 Å². The van der Waals surface area contributed by atoms with E-state index in [9.17, 15) is 8.42 Å². The van der Waals surface area contributed by atoms with Crippen LogP contribution in [0.4, 0.5) is 0 Å². The first-order valence-electron chi connectivity index (χ1n) is 6.89. The van der Waals surface area contributed by atoms with E-state index in [1.807, 2.05) is 18.2 Å². The minimum Gasteiger partial charge on any atom is -0.496 e. The first-order valence-corrected chi connectivity index (χ1v) is 9.30. The number of para-hydroxylation sites is 1. The smallest absolute Gasteiger partial charge is 0.216 e. The molecule has 0 amide bonds. The third kappa shape index (κ3) is 4.85. The van der Waals surface area contributed by atoms with Crippen molar-refractivity contribution in [2.45, 2.75) is 18.7 Å². The minimum absolute atomic E-state index is 0.220. The zero-order valence-electron chi connectivity index (χ0n) is 12.7. The average Bonchev–Trinajstić information content (AvgIpc) is 2.49. The number of methoxy groups -OCH3 is 1. The molecular formula is C16H17Cl2NO3S. The van der Waals surface area contributed by atoms with Crippen LogP contribution < -0.4 is 9.46 Å². The highest BCUT2D eigenvalue weighted by Gasteiger charge is 2.20. The van der Waals surface area contributed by atoms with Crippen LogP contribution in [0.25, 0.3) is 0 Å². The molecule has 4 nitrogen and oxygen atoms in total. The highest BCUT2D eigenvalue weighted by Crippen LogP contribution is 2.26. The van der Waals surface area contributed by atoms with Gasteiger partial charge in [-0.15, -0.1) is 0 Å². The molecule has 0 bridgehead atoms. The Kier molecular flexibility index (Phi) is 5.92. The summed E-state index contributed by atoms with van der Waals surface area (Å²) < 4.78 is 32.7. The van der Waals surface area contributed by atoms with Gasteiger partial charge < -0.3 is 4.74 Å². The number of ether oxygens (including phenoxy) is 1. The van der Waals surface area contributed by atoms with Gasteiger partial charge in [0.2, 0.25) is 10.0 Å². The van der Waals surface area contributed by atoms with Gasteiger partial charge in [-0.05, 0) is 30.7 Å². The van der Waals surface area contributed by atoms with Crippen LogP contribution in [-0.4, -0.2) is 15.5 Å². The summed E-state index contributed by atoms with van der Waals surface area (Å²) >= 11 is 11.9. The van der Waals surface area contributed by atoms with Crippen LogP contribution in [0.3, 0.4) is 0 Å². The summed E-state index contributed by atoms with van der Waals surface area (Å²) in [4.78, 5) is 0. The Balaban J connectivity index is 2.17. The summed E-state index contributed by atoms with van der Waals surface area (Å²) in [6.45, 7) is 1.76. The van der Waals surface area contributed by atoms with E-state index in [0.29, 0.717) is 21.4 Å². The summed E-state index contributed by atoms with van der Waals surface area (Å²) in [5, 5.41) is 0.791. The van der Waals surface area contributed by atoms with E-state index in [-0.39, 0.29) is 5.75 Å². The number of rotatable bonds is 6. The fourth-order valence-corrected chi connectivity index (χ4v) is 4.21. The molecule has 0 aliphatic rings. The van der Waals surface area contributed by atoms with Crippen LogP contribution in [0.5, 0.6) is 5.75 Å². The van der Waals surface area contributed by atoms with Crippen molar-refractivity contribution in [1.82, 2.24) is 4.72 Å². The largest absolute Gasteiger partial charge is 0.496 e. The molecule has 0 spiro atoms. The molecule has 23 heavy (non-hydrogen) atoms. The Bertz CT molecular complexity index is 794. The average molecular weight is 374 g/mol. The fourth-order valence-electron chi connectivity index (χ4n) is 2.24. The second-order valence-corrected chi connectivity index (χ2v) is 7.67. The molecule has 2 aromatic carbocycles. The molecular weight excluding hydrogens is 357 g/mol. The molecule has 1 atom stereocenters. The van der Waals surface area contributed by atoms with Crippen molar-refractivity contribution in [1.29, 1.82) is 0 Å². The highest BCUT2D eigenvalue weighted by atomic mass is 35.5. The summed E-state index contributed by atoms with van der Waals surface area (Å²) in [5.41, 5.74) is 1.26. The number of benzene rings is 2. The first-order chi connectivity index (χ1) is 10.8. The number of nitrogens with one attached hydrogen (secondary N) is 1. The van der Waals surface area contributed by atoms with Gasteiger partial charge in [0.15, 0.2) is 0 Å². The molecule has 0 saturated heterocycles. The topological polar surface area (TPSA) is 55.4 Å². The molecule has 2 aromatic rings. The lowest BCUT2D eigenvalue weighted by molar-refractivity contribution is 0.405. The monoisotopic (exact) mass is 373 g/mol. The summed E-state index contributed by atoms with van der Waals surface area (Å²) in [5.74, 6) is 0.412. The Labute approximate surface area is 146 Å². The van der Waals surface area contributed by atoms with E-state index in [4.69, 9.17) is 27.9 Å². The maximum Gasteiger partial charge on any atom is 0.216 e. The SMILES string of the molecule is COc1ccccc1C(C)NS(=O)(=O)Cc1ccc(Cl)cc1Cl. The standard InChI is InChI=1S/C16H17Cl2NO3S/c1-11(14-5-3-4-6-16(14)22-2)19-23(20,21)10-12-7-8-13(17)9-15(12)18/h3-9,11,19H,10H2,1-2H3. The number of hydrogen-bond acceptors (Lipinski definition) is 3. The molecule has 0 aromatic heterocycles. The maximum atomic E-state index is 12.4. The molecule has 1 unspecified atom stereocenters. The van der Waals surface area contributed by atoms with E-state index >= 15 is 0 Å². The van der Waals surface area contributed by atoms with Gasteiger partial charge in [-0.2, -0.15) is 0 Å². The third-order valence-corrected chi connectivity index (χ3v) is 5.31. The van der Waals surface area contributed by atoms with Crippen LogP contribution in [0, 0.1) is 0 Å². The number of hydrogen-bond donors (Lipinski definition) is 1. The molecule has 124 valence electrons. The van der Waals surface area contributed by atoms with Crippen LogP contribution in [0.1, 0.15) is 24.1 Å². The second-order valence-electron chi connectivity index (χ2n) is 5.08. The van der Waals surface area contributed by atoms with E-state index in [0.717, 1.165) is 5.56 Å². The van der Waals surface area contributed by atoms with Crippen LogP contribution >= 0.6 is 23.2 Å². The lowest BCUT2D eigenvalue weighted by Gasteiger charge is -2.17. The third-order valence-electron chi connectivity index (χ3n) is 3.32. The minimum atomic E-state index is -3.58. The molecule has 0 aliphatic carbocycles. The predicted octanol–water partition coefficient (Wildman–Crippen LogP) is 4.18. The van der Waals surface area contributed by atoms with Crippen molar-refractivity contribution in [3.8, 4) is 5.75 Å². The molecule has 0 fully saturated rings. The Hall–Kier alpha value is -1.27. The molecule has 0 radical (unpaired) electrons. The van der Waals surface area contributed by atoms with Gasteiger partial charge in [0.05, 0.1) is 12.9 Å². The number of sulfonamides is 1. The van der Waals surface area contributed by atoms with Gasteiger partial charge in [0.25, 0.3) is 0 Å². The zero-order valence-corrected chi connectivity index (χ0v) is 15.0. The van der Waals surface area contributed by atoms with Gasteiger partial charge in [0, 0.05) is 21.7 Å². The fraction of sp³-hybridized carbons (Fsp3) is 0.250. The predicted molar refractivity (Wildman–Crippen MR) is 93.6 cm³/mol. The maximum absolute atomic E-state index is 12.4.